The average Bonchev–Trinajstić information content (AvgIpc) is 3.44. The minimum absolute atomic E-state index is 0.0148. The molecule has 1 aromatic carbocycles. The van der Waals surface area contributed by atoms with Gasteiger partial charge in [-0.2, -0.15) is 10.2 Å². The number of aryl methyl sites for hydroxylation is 1. The summed E-state index contributed by atoms with van der Waals surface area (Å²) in [7, 11) is 1.55. The minimum Gasteiger partial charge on any atom is -0.496 e. The lowest BCUT2D eigenvalue weighted by Gasteiger charge is -2.30. The number of ether oxygens (including phenoxy) is 3. The van der Waals surface area contributed by atoms with E-state index >= 15 is 0 Å². The summed E-state index contributed by atoms with van der Waals surface area (Å²) in [4.78, 5) is 33.1. The van der Waals surface area contributed by atoms with Gasteiger partial charge in [0, 0.05) is 17.0 Å². The fourth-order valence-corrected chi connectivity index (χ4v) is 4.71. The predicted molar refractivity (Wildman–Crippen MR) is 157 cm³/mol. The van der Waals surface area contributed by atoms with Crippen LogP contribution in [-0.2, 0) is 9.47 Å². The molecule has 10 heteroatoms. The Kier molecular flexibility index (Phi) is 7.35. The van der Waals surface area contributed by atoms with Crippen molar-refractivity contribution in [2.75, 3.05) is 12.0 Å². The summed E-state index contributed by atoms with van der Waals surface area (Å²) in [5, 5.41) is 11.0. The van der Waals surface area contributed by atoms with Gasteiger partial charge in [0.1, 0.15) is 39.6 Å². The molecule has 4 rings (SSSR count). The average molecular weight is 559 g/mol. The van der Waals surface area contributed by atoms with Gasteiger partial charge in [0.2, 0.25) is 0 Å². The second kappa shape index (κ2) is 10.3. The lowest BCUT2D eigenvalue weighted by Crippen LogP contribution is -2.45. The van der Waals surface area contributed by atoms with Crippen LogP contribution >= 0.6 is 0 Å². The van der Waals surface area contributed by atoms with Gasteiger partial charge in [-0.05, 0) is 73.1 Å². The molecule has 41 heavy (non-hydrogen) atoms. The number of nitrogens with zero attached hydrogens (tertiary/aromatic N) is 4. The smallest absolute Gasteiger partial charge is 0.425 e. The monoisotopic (exact) mass is 558 g/mol. The van der Waals surface area contributed by atoms with Crippen molar-refractivity contribution in [1.29, 1.82) is 5.26 Å². The first-order valence-electron chi connectivity index (χ1n) is 13.0. The SMILES string of the molecule is C=Cc1nc2ccoc2c2c1c(C#N)c(N(C(=O)OC(C)(C)C)C(=O)OC(C)(C)C)n2-c1c(C)ccc(OC)c1C. The van der Waals surface area contributed by atoms with Crippen molar-refractivity contribution in [2.45, 2.75) is 66.6 Å². The normalized spacial score (nSPS) is 11.8. The number of carbonyl (C=O) groups excluding carboxylic acids is 2. The summed E-state index contributed by atoms with van der Waals surface area (Å²) in [6.45, 7) is 17.7. The van der Waals surface area contributed by atoms with E-state index < -0.39 is 23.4 Å². The van der Waals surface area contributed by atoms with E-state index in [1.165, 1.54) is 12.3 Å². The Hall–Kier alpha value is -4.78. The zero-order valence-corrected chi connectivity index (χ0v) is 24.8. The van der Waals surface area contributed by atoms with Crippen molar-refractivity contribution in [3.63, 3.8) is 0 Å². The molecule has 0 saturated heterocycles. The van der Waals surface area contributed by atoms with Crippen molar-refractivity contribution >= 4 is 46.1 Å². The number of hydrogen-bond acceptors (Lipinski definition) is 8. The molecule has 0 aliphatic carbocycles. The molecule has 0 bridgehead atoms. The van der Waals surface area contributed by atoms with Crippen LogP contribution in [0.5, 0.6) is 5.75 Å². The van der Waals surface area contributed by atoms with Crippen molar-refractivity contribution in [2.24, 2.45) is 0 Å². The number of aromatic nitrogens is 2. The number of benzene rings is 1. The largest absolute Gasteiger partial charge is 0.496 e. The third kappa shape index (κ3) is 5.23. The minimum atomic E-state index is -1.02. The molecule has 0 atom stereocenters. The van der Waals surface area contributed by atoms with E-state index in [4.69, 9.17) is 18.6 Å². The predicted octanol–water partition coefficient (Wildman–Crippen LogP) is 7.59. The molecule has 3 heterocycles. The summed E-state index contributed by atoms with van der Waals surface area (Å²) in [5.41, 5.74) is 1.73. The maximum Gasteiger partial charge on any atom is 0.425 e. The van der Waals surface area contributed by atoms with E-state index in [-0.39, 0.29) is 11.4 Å². The summed E-state index contributed by atoms with van der Waals surface area (Å²) in [5.74, 6) is 0.478. The van der Waals surface area contributed by atoms with Gasteiger partial charge in [0.15, 0.2) is 11.4 Å². The molecule has 0 aliphatic heterocycles. The molecular formula is C31H34N4O6. The highest BCUT2D eigenvalue weighted by atomic mass is 16.6. The van der Waals surface area contributed by atoms with Gasteiger partial charge >= 0.3 is 12.2 Å². The zero-order chi connectivity index (χ0) is 30.4. The molecule has 0 radical (unpaired) electrons. The molecule has 3 aromatic heterocycles. The number of furan rings is 1. The molecule has 0 aliphatic rings. The topological polar surface area (TPSA) is 120 Å². The first-order chi connectivity index (χ1) is 19.1. The number of pyridine rings is 1. The molecule has 0 fully saturated rings. The number of methoxy groups -OCH3 is 1. The van der Waals surface area contributed by atoms with Crippen LogP contribution in [0.4, 0.5) is 15.4 Å². The number of anilines is 1. The van der Waals surface area contributed by atoms with Crippen molar-refractivity contribution in [3.05, 3.63) is 53.4 Å². The quantitative estimate of drug-likeness (QED) is 0.251. The van der Waals surface area contributed by atoms with Crippen molar-refractivity contribution < 1.29 is 28.2 Å². The number of carbonyl (C=O) groups is 2. The Morgan fingerprint density at radius 2 is 1.68 bits per heavy atom. The van der Waals surface area contributed by atoms with E-state index in [2.05, 4.69) is 17.6 Å². The number of amides is 2. The fraction of sp³-hybridized carbons (Fsp3) is 0.355. The summed E-state index contributed by atoms with van der Waals surface area (Å²) in [6, 6.07) is 7.57. The van der Waals surface area contributed by atoms with E-state index in [1.54, 1.807) is 59.3 Å². The zero-order valence-electron chi connectivity index (χ0n) is 24.8. The second-order valence-corrected chi connectivity index (χ2v) is 11.6. The molecule has 10 nitrogen and oxygen atoms in total. The maximum atomic E-state index is 13.9. The van der Waals surface area contributed by atoms with Gasteiger partial charge in [-0.1, -0.05) is 12.6 Å². The summed E-state index contributed by atoms with van der Waals surface area (Å²) >= 11 is 0. The Balaban J connectivity index is 2.30. The van der Waals surface area contributed by atoms with Crippen LogP contribution in [0.3, 0.4) is 0 Å². The Bertz CT molecular complexity index is 1710. The summed E-state index contributed by atoms with van der Waals surface area (Å²) < 4.78 is 24.5. The summed E-state index contributed by atoms with van der Waals surface area (Å²) in [6.07, 6.45) is 0.960. The van der Waals surface area contributed by atoms with Crippen LogP contribution in [0.1, 0.15) is 63.9 Å². The molecule has 0 spiro atoms. The van der Waals surface area contributed by atoms with Gasteiger partial charge < -0.3 is 18.6 Å². The number of imide groups is 1. The lowest BCUT2D eigenvalue weighted by atomic mass is 10.1. The Morgan fingerprint density at radius 1 is 1.07 bits per heavy atom. The van der Waals surface area contributed by atoms with Crippen LogP contribution in [0.25, 0.3) is 33.8 Å². The van der Waals surface area contributed by atoms with Crippen LogP contribution in [-0.4, -0.2) is 40.0 Å². The lowest BCUT2D eigenvalue weighted by molar-refractivity contribution is 0.0428. The molecule has 0 unspecified atom stereocenters. The van der Waals surface area contributed by atoms with E-state index in [0.29, 0.717) is 44.7 Å². The molecule has 0 saturated carbocycles. The van der Waals surface area contributed by atoms with Gasteiger partial charge in [-0.15, -0.1) is 0 Å². The highest BCUT2D eigenvalue weighted by Gasteiger charge is 2.40. The molecule has 4 aromatic rings. The standard InChI is InChI=1S/C31H34N4O6/c1-11-20-23-19(16-32)27(35(28(36)40-30(4,5)6)29(37)41-31(7,8)9)34(25(23)26-21(33-20)14-15-39-26)24-17(2)12-13-22(38-10)18(24)3/h11-15H,1H2,2-10H3. The van der Waals surface area contributed by atoms with Gasteiger partial charge in [-0.3, -0.25) is 4.57 Å². The second-order valence-electron chi connectivity index (χ2n) is 11.6. The molecule has 0 N–H and O–H groups in total. The van der Waals surface area contributed by atoms with Gasteiger partial charge in [0.05, 0.1) is 24.8 Å². The van der Waals surface area contributed by atoms with Crippen LogP contribution < -0.4 is 9.64 Å². The number of rotatable bonds is 4. The van der Waals surface area contributed by atoms with E-state index in [1.807, 2.05) is 26.0 Å². The van der Waals surface area contributed by atoms with Crippen molar-refractivity contribution in [3.8, 4) is 17.5 Å². The number of hydrogen-bond donors (Lipinski definition) is 0. The highest BCUT2D eigenvalue weighted by Crippen LogP contribution is 2.44. The Labute approximate surface area is 238 Å². The van der Waals surface area contributed by atoms with E-state index in [0.717, 1.165) is 10.5 Å². The van der Waals surface area contributed by atoms with Crippen molar-refractivity contribution in [1.82, 2.24) is 9.55 Å². The van der Waals surface area contributed by atoms with Crippen LogP contribution in [0.2, 0.25) is 0 Å². The molecule has 2 amide bonds. The number of fused-ring (bicyclic) bond motifs is 3. The van der Waals surface area contributed by atoms with Gasteiger partial charge in [-0.25, -0.2) is 14.6 Å². The molecular weight excluding hydrogens is 524 g/mol. The highest BCUT2D eigenvalue weighted by molar-refractivity contribution is 6.17. The van der Waals surface area contributed by atoms with Gasteiger partial charge in [0.25, 0.3) is 0 Å². The maximum absolute atomic E-state index is 13.9. The third-order valence-corrected chi connectivity index (χ3v) is 6.20. The van der Waals surface area contributed by atoms with Crippen LogP contribution in [0.15, 0.2) is 35.5 Å². The number of nitriles is 1. The third-order valence-electron chi connectivity index (χ3n) is 6.20. The fourth-order valence-electron chi connectivity index (χ4n) is 4.71. The van der Waals surface area contributed by atoms with E-state index in [9.17, 15) is 14.9 Å². The molecule has 214 valence electrons. The first-order valence-corrected chi connectivity index (χ1v) is 13.0. The Morgan fingerprint density at radius 3 is 2.20 bits per heavy atom. The first kappa shape index (κ1) is 29.2. The van der Waals surface area contributed by atoms with Crippen LogP contribution in [0, 0.1) is 25.2 Å².